The second-order valence-corrected chi connectivity index (χ2v) is 4.17. The molecule has 0 fully saturated rings. The van der Waals surface area contributed by atoms with E-state index < -0.39 is 0 Å². The number of hydrogen-bond donors (Lipinski definition) is 0. The molecule has 88 valence electrons. The van der Waals surface area contributed by atoms with Crippen LogP contribution in [-0.2, 0) is 13.0 Å². The lowest BCUT2D eigenvalue weighted by atomic mass is 9.94. The fourth-order valence-corrected chi connectivity index (χ4v) is 2.11. The van der Waals surface area contributed by atoms with Gasteiger partial charge in [-0.3, -0.25) is 0 Å². The molecule has 0 N–H and O–H groups in total. The van der Waals surface area contributed by atoms with Gasteiger partial charge in [0.15, 0.2) is 0 Å². The molecule has 2 rings (SSSR count). The van der Waals surface area contributed by atoms with Crippen molar-refractivity contribution in [2.45, 2.75) is 33.7 Å². The van der Waals surface area contributed by atoms with Crippen molar-refractivity contribution in [3.8, 4) is 0 Å². The van der Waals surface area contributed by atoms with Crippen molar-refractivity contribution >= 4 is 6.08 Å². The number of likely N-dealkylation sites (N-methyl/N-ethyl adjacent to an activating group) is 1. The highest BCUT2D eigenvalue weighted by molar-refractivity contribution is 5.55. The molecule has 1 aromatic rings. The summed E-state index contributed by atoms with van der Waals surface area (Å²) in [6.07, 6.45) is 3.13. The molecule has 0 unspecified atom stereocenters. The molecule has 0 saturated carbocycles. The van der Waals surface area contributed by atoms with Crippen molar-refractivity contribution in [3.63, 3.8) is 0 Å². The summed E-state index contributed by atoms with van der Waals surface area (Å²) >= 11 is 0. The number of benzene rings is 1. The van der Waals surface area contributed by atoms with Gasteiger partial charge in [0.2, 0.25) is 0 Å². The smallest absolute Gasteiger partial charge is 0.0233 e. The number of rotatable bonds is 1. The Morgan fingerprint density at radius 1 is 1.25 bits per heavy atom. The summed E-state index contributed by atoms with van der Waals surface area (Å²) in [6, 6.07) is 4.60. The molecule has 1 aliphatic heterocycles. The fourth-order valence-electron chi connectivity index (χ4n) is 2.11. The average Bonchev–Trinajstić information content (AvgIpc) is 2.30. The van der Waals surface area contributed by atoms with E-state index >= 15 is 0 Å². The normalized spacial score (nSPS) is 14.8. The molecule has 1 heteroatoms. The first-order valence-electron chi connectivity index (χ1n) is 6.14. The third-order valence-electron chi connectivity index (χ3n) is 3.01. The molecule has 0 aromatic heterocycles. The maximum absolute atomic E-state index is 3.85. The van der Waals surface area contributed by atoms with Gasteiger partial charge in [-0.05, 0) is 42.6 Å². The summed E-state index contributed by atoms with van der Waals surface area (Å²) in [4.78, 5) is 2.37. The van der Waals surface area contributed by atoms with E-state index in [0.717, 1.165) is 6.54 Å². The molecule has 0 saturated heterocycles. The Morgan fingerprint density at radius 3 is 2.56 bits per heavy atom. The highest BCUT2D eigenvalue weighted by Crippen LogP contribution is 2.22. The lowest BCUT2D eigenvalue weighted by molar-refractivity contribution is 0.313. The maximum atomic E-state index is 3.85. The quantitative estimate of drug-likeness (QED) is 0.694. The van der Waals surface area contributed by atoms with Gasteiger partial charge in [0.05, 0.1) is 0 Å². The van der Waals surface area contributed by atoms with E-state index in [9.17, 15) is 0 Å². The Balaban J connectivity index is 0.000000606. The van der Waals surface area contributed by atoms with Crippen molar-refractivity contribution in [1.29, 1.82) is 0 Å². The minimum absolute atomic E-state index is 1.09. The van der Waals surface area contributed by atoms with E-state index in [-0.39, 0.29) is 0 Å². The number of hydrogen-bond acceptors (Lipinski definition) is 1. The van der Waals surface area contributed by atoms with Gasteiger partial charge >= 0.3 is 0 Å². The average molecular weight is 217 g/mol. The van der Waals surface area contributed by atoms with Gasteiger partial charge in [-0.2, -0.15) is 0 Å². The number of fused-ring (bicyclic) bond motifs is 1. The van der Waals surface area contributed by atoms with Gasteiger partial charge in [0.1, 0.15) is 0 Å². The zero-order valence-electron chi connectivity index (χ0n) is 11.0. The van der Waals surface area contributed by atoms with Crippen molar-refractivity contribution in [1.82, 2.24) is 4.90 Å². The van der Waals surface area contributed by atoms with Crippen LogP contribution in [0.5, 0.6) is 0 Å². The molecule has 1 heterocycles. The van der Waals surface area contributed by atoms with Crippen LogP contribution in [0.1, 0.15) is 36.1 Å². The molecule has 1 aliphatic rings. The molecule has 16 heavy (non-hydrogen) atoms. The van der Waals surface area contributed by atoms with Crippen molar-refractivity contribution in [3.05, 3.63) is 41.0 Å². The van der Waals surface area contributed by atoms with Crippen LogP contribution in [0, 0.1) is 6.92 Å². The van der Waals surface area contributed by atoms with Crippen molar-refractivity contribution in [2.75, 3.05) is 13.6 Å². The Bertz CT molecular complexity index is 366. The van der Waals surface area contributed by atoms with Crippen LogP contribution >= 0.6 is 0 Å². The Hall–Kier alpha value is -1.08. The molecule has 0 atom stereocenters. The molecule has 0 aliphatic carbocycles. The molecule has 0 radical (unpaired) electrons. The van der Waals surface area contributed by atoms with Gasteiger partial charge in [0.25, 0.3) is 0 Å². The van der Waals surface area contributed by atoms with E-state index in [1.165, 1.54) is 35.2 Å². The highest BCUT2D eigenvalue weighted by Gasteiger charge is 2.13. The van der Waals surface area contributed by atoms with Crippen LogP contribution in [0.25, 0.3) is 6.08 Å². The predicted molar refractivity (Wildman–Crippen MR) is 72.7 cm³/mol. The van der Waals surface area contributed by atoms with Gasteiger partial charge in [-0.15, -0.1) is 0 Å². The number of nitrogens with zero attached hydrogens (tertiary/aromatic N) is 1. The predicted octanol–water partition coefficient (Wildman–Crippen LogP) is 3.65. The molecule has 0 spiro atoms. The number of aryl methyl sites for hydroxylation is 1. The fraction of sp³-hybridized carbons (Fsp3) is 0.467. The molecular formula is C15H23N. The second kappa shape index (κ2) is 5.86. The van der Waals surface area contributed by atoms with Gasteiger partial charge in [0, 0.05) is 13.1 Å². The maximum Gasteiger partial charge on any atom is 0.0233 e. The van der Waals surface area contributed by atoms with Crippen LogP contribution in [0.15, 0.2) is 18.7 Å². The van der Waals surface area contributed by atoms with Crippen LogP contribution in [0.2, 0.25) is 0 Å². The molecule has 0 bridgehead atoms. The highest BCUT2D eigenvalue weighted by atomic mass is 15.1. The summed E-state index contributed by atoms with van der Waals surface area (Å²) < 4.78 is 0. The zero-order chi connectivity index (χ0) is 12.1. The summed E-state index contributed by atoms with van der Waals surface area (Å²) in [7, 11) is 2.18. The van der Waals surface area contributed by atoms with Crippen LogP contribution in [-0.4, -0.2) is 18.5 Å². The first-order chi connectivity index (χ1) is 7.70. The molecule has 0 amide bonds. The van der Waals surface area contributed by atoms with E-state index in [2.05, 4.69) is 37.6 Å². The van der Waals surface area contributed by atoms with Gasteiger partial charge < -0.3 is 4.90 Å². The SMILES string of the molecule is C=Cc1cc2c(cc1C)CN(C)CC2.CC. The van der Waals surface area contributed by atoms with E-state index in [4.69, 9.17) is 0 Å². The molecular weight excluding hydrogens is 194 g/mol. The summed E-state index contributed by atoms with van der Waals surface area (Å²) in [5.74, 6) is 0. The second-order valence-electron chi connectivity index (χ2n) is 4.17. The first kappa shape index (κ1) is 13.0. The minimum Gasteiger partial charge on any atom is -0.302 e. The molecule has 1 aromatic carbocycles. The monoisotopic (exact) mass is 217 g/mol. The van der Waals surface area contributed by atoms with E-state index in [0.29, 0.717) is 0 Å². The van der Waals surface area contributed by atoms with Crippen molar-refractivity contribution < 1.29 is 0 Å². The van der Waals surface area contributed by atoms with Gasteiger partial charge in [-0.25, -0.2) is 0 Å². The lowest BCUT2D eigenvalue weighted by Gasteiger charge is -2.25. The van der Waals surface area contributed by atoms with Crippen molar-refractivity contribution in [2.24, 2.45) is 0 Å². The van der Waals surface area contributed by atoms with Crippen LogP contribution in [0.3, 0.4) is 0 Å². The summed E-state index contributed by atoms with van der Waals surface area (Å²) in [5.41, 5.74) is 5.62. The first-order valence-corrected chi connectivity index (χ1v) is 6.14. The Morgan fingerprint density at radius 2 is 1.94 bits per heavy atom. The summed E-state index contributed by atoms with van der Waals surface area (Å²) in [5, 5.41) is 0. The van der Waals surface area contributed by atoms with Crippen LogP contribution in [0.4, 0.5) is 0 Å². The molecule has 1 nitrogen and oxygen atoms in total. The zero-order valence-corrected chi connectivity index (χ0v) is 11.0. The Kier molecular flexibility index (Phi) is 4.75. The van der Waals surface area contributed by atoms with Crippen LogP contribution < -0.4 is 0 Å². The minimum atomic E-state index is 1.09. The standard InChI is InChI=1S/C13H17N.C2H6/c1-4-11-8-12-5-6-14(3)9-13(12)7-10(11)2;1-2/h4,7-8H,1,5-6,9H2,2-3H3;1-2H3. The third-order valence-corrected chi connectivity index (χ3v) is 3.01. The summed E-state index contributed by atoms with van der Waals surface area (Å²) in [6.45, 7) is 12.3. The Labute approximate surface area is 99.8 Å². The van der Waals surface area contributed by atoms with Gasteiger partial charge in [-0.1, -0.05) is 38.6 Å². The lowest BCUT2D eigenvalue weighted by Crippen LogP contribution is -2.26. The van der Waals surface area contributed by atoms with E-state index in [1.807, 2.05) is 19.9 Å². The van der Waals surface area contributed by atoms with E-state index in [1.54, 1.807) is 0 Å². The largest absolute Gasteiger partial charge is 0.302 e. The topological polar surface area (TPSA) is 3.24 Å². The third kappa shape index (κ3) is 2.73.